The van der Waals surface area contributed by atoms with E-state index in [0.717, 1.165) is 12.8 Å². The van der Waals surface area contributed by atoms with Crippen molar-refractivity contribution in [3.63, 3.8) is 0 Å². The van der Waals surface area contributed by atoms with E-state index in [0.29, 0.717) is 47.4 Å². The molecule has 1 aliphatic rings. The fourth-order valence-electron chi connectivity index (χ4n) is 3.54. The van der Waals surface area contributed by atoms with Gasteiger partial charge in [0.1, 0.15) is 0 Å². The summed E-state index contributed by atoms with van der Waals surface area (Å²) in [5, 5.41) is 7.00. The van der Waals surface area contributed by atoms with Gasteiger partial charge in [-0.3, -0.25) is 9.59 Å². The SMILES string of the molecule is CC(=O)c1cnc(NC[C@@H]2CCCN2C(=O)c2ccccc2-c2nc(C)no2)nc1. The lowest BCUT2D eigenvalue weighted by atomic mass is 10.1. The summed E-state index contributed by atoms with van der Waals surface area (Å²) < 4.78 is 5.28. The highest BCUT2D eigenvalue weighted by atomic mass is 16.5. The van der Waals surface area contributed by atoms with Crippen LogP contribution >= 0.6 is 0 Å². The Bertz CT molecular complexity index is 1060. The first kappa shape index (κ1) is 19.7. The number of nitrogens with one attached hydrogen (secondary N) is 1. The van der Waals surface area contributed by atoms with Crippen LogP contribution in [0.1, 0.15) is 46.3 Å². The summed E-state index contributed by atoms with van der Waals surface area (Å²) in [7, 11) is 0. The van der Waals surface area contributed by atoms with Crippen LogP contribution in [0, 0.1) is 6.92 Å². The molecule has 154 valence electrons. The van der Waals surface area contributed by atoms with Crippen LogP contribution in [0.15, 0.2) is 41.2 Å². The van der Waals surface area contributed by atoms with Crippen LogP contribution in [0.3, 0.4) is 0 Å². The summed E-state index contributed by atoms with van der Waals surface area (Å²) in [6.45, 7) is 4.41. The predicted molar refractivity (Wildman–Crippen MR) is 109 cm³/mol. The average molecular weight is 406 g/mol. The van der Waals surface area contributed by atoms with Crippen molar-refractivity contribution in [2.75, 3.05) is 18.4 Å². The number of carbonyl (C=O) groups is 2. The molecule has 1 aliphatic heterocycles. The van der Waals surface area contributed by atoms with E-state index in [1.807, 2.05) is 23.1 Å². The van der Waals surface area contributed by atoms with Gasteiger partial charge >= 0.3 is 0 Å². The first-order chi connectivity index (χ1) is 14.5. The molecule has 1 fully saturated rings. The Labute approximate surface area is 173 Å². The molecular weight excluding hydrogens is 384 g/mol. The molecule has 1 aromatic carbocycles. The number of rotatable bonds is 6. The summed E-state index contributed by atoms with van der Waals surface area (Å²) in [6.07, 6.45) is 4.80. The molecule has 2 aromatic heterocycles. The van der Waals surface area contributed by atoms with Crippen LogP contribution in [-0.4, -0.2) is 55.8 Å². The van der Waals surface area contributed by atoms with Crippen molar-refractivity contribution in [3.05, 3.63) is 53.6 Å². The van der Waals surface area contributed by atoms with Crippen LogP contribution in [0.5, 0.6) is 0 Å². The number of hydrogen-bond donors (Lipinski definition) is 1. The number of nitrogens with zero attached hydrogens (tertiary/aromatic N) is 5. The van der Waals surface area contributed by atoms with Crippen molar-refractivity contribution in [1.82, 2.24) is 25.0 Å². The molecule has 1 saturated heterocycles. The number of aromatic nitrogens is 4. The molecule has 0 unspecified atom stereocenters. The number of hydrogen-bond acceptors (Lipinski definition) is 8. The van der Waals surface area contributed by atoms with E-state index in [4.69, 9.17) is 4.52 Å². The Balaban J connectivity index is 1.48. The standard InChI is InChI=1S/C21H22N6O3/c1-13(28)15-10-22-21(23-11-15)24-12-16-6-5-9-27(16)20(29)18-8-4-3-7-17(18)19-25-14(2)26-30-19/h3-4,7-8,10-11,16H,5-6,9,12H2,1-2H3,(H,22,23,24)/t16-/m0/s1. The minimum Gasteiger partial charge on any atom is -0.352 e. The molecule has 3 aromatic rings. The van der Waals surface area contributed by atoms with E-state index < -0.39 is 0 Å². The minimum atomic E-state index is -0.0794. The lowest BCUT2D eigenvalue weighted by Crippen LogP contribution is -2.40. The van der Waals surface area contributed by atoms with Gasteiger partial charge in [0.15, 0.2) is 11.6 Å². The topological polar surface area (TPSA) is 114 Å². The highest BCUT2D eigenvalue weighted by Gasteiger charge is 2.31. The normalized spacial score (nSPS) is 15.9. The van der Waals surface area contributed by atoms with Gasteiger partial charge in [0.25, 0.3) is 11.8 Å². The van der Waals surface area contributed by atoms with E-state index in [-0.39, 0.29) is 17.7 Å². The third-order valence-electron chi connectivity index (χ3n) is 5.11. The highest BCUT2D eigenvalue weighted by molar-refractivity contribution is 6.00. The maximum atomic E-state index is 13.3. The van der Waals surface area contributed by atoms with Gasteiger partial charge < -0.3 is 14.7 Å². The number of benzene rings is 1. The second kappa shape index (κ2) is 8.40. The average Bonchev–Trinajstić information content (AvgIpc) is 3.41. The van der Waals surface area contributed by atoms with E-state index in [1.54, 1.807) is 13.0 Å². The van der Waals surface area contributed by atoms with Crippen LogP contribution < -0.4 is 5.32 Å². The van der Waals surface area contributed by atoms with Gasteiger partial charge in [-0.2, -0.15) is 4.98 Å². The Morgan fingerprint density at radius 3 is 2.70 bits per heavy atom. The zero-order valence-corrected chi connectivity index (χ0v) is 16.8. The molecule has 9 nitrogen and oxygen atoms in total. The Kier molecular flexibility index (Phi) is 5.51. The number of Topliss-reactive ketones (excluding diaryl/α,β-unsaturated/α-hetero) is 1. The maximum absolute atomic E-state index is 13.3. The molecular formula is C21H22N6O3. The lowest BCUT2D eigenvalue weighted by molar-refractivity contribution is 0.0744. The zero-order valence-electron chi connectivity index (χ0n) is 16.8. The van der Waals surface area contributed by atoms with E-state index in [2.05, 4.69) is 25.4 Å². The number of amides is 1. The number of anilines is 1. The van der Waals surface area contributed by atoms with Crippen molar-refractivity contribution in [3.8, 4) is 11.5 Å². The van der Waals surface area contributed by atoms with Crippen molar-refractivity contribution in [2.45, 2.75) is 32.7 Å². The van der Waals surface area contributed by atoms with Gasteiger partial charge in [-0.05, 0) is 38.8 Å². The predicted octanol–water partition coefficient (Wildman–Crippen LogP) is 2.75. The maximum Gasteiger partial charge on any atom is 0.258 e. The van der Waals surface area contributed by atoms with Crippen molar-refractivity contribution in [1.29, 1.82) is 0 Å². The minimum absolute atomic E-state index is 0.00561. The summed E-state index contributed by atoms with van der Waals surface area (Å²) in [4.78, 5) is 39.1. The van der Waals surface area contributed by atoms with Crippen molar-refractivity contribution in [2.24, 2.45) is 0 Å². The third kappa shape index (κ3) is 4.05. The lowest BCUT2D eigenvalue weighted by Gasteiger charge is -2.25. The van der Waals surface area contributed by atoms with E-state index in [9.17, 15) is 9.59 Å². The van der Waals surface area contributed by atoms with Crippen LogP contribution in [-0.2, 0) is 0 Å². The summed E-state index contributed by atoms with van der Waals surface area (Å²) in [5.74, 6) is 1.14. The second-order valence-corrected chi connectivity index (χ2v) is 7.22. The van der Waals surface area contributed by atoms with Gasteiger partial charge in [-0.25, -0.2) is 9.97 Å². The first-order valence-electron chi connectivity index (χ1n) is 9.80. The Morgan fingerprint density at radius 2 is 2.00 bits per heavy atom. The third-order valence-corrected chi connectivity index (χ3v) is 5.11. The van der Waals surface area contributed by atoms with E-state index >= 15 is 0 Å². The quantitative estimate of drug-likeness (QED) is 0.622. The summed E-state index contributed by atoms with van der Waals surface area (Å²) >= 11 is 0. The molecule has 4 rings (SSSR count). The zero-order chi connectivity index (χ0) is 21.1. The molecule has 9 heteroatoms. The van der Waals surface area contributed by atoms with E-state index in [1.165, 1.54) is 19.3 Å². The molecule has 3 heterocycles. The largest absolute Gasteiger partial charge is 0.352 e. The number of likely N-dealkylation sites (tertiary alicyclic amines) is 1. The molecule has 30 heavy (non-hydrogen) atoms. The Morgan fingerprint density at radius 1 is 1.23 bits per heavy atom. The fraction of sp³-hybridized carbons (Fsp3) is 0.333. The first-order valence-corrected chi connectivity index (χ1v) is 9.80. The van der Waals surface area contributed by atoms with Crippen LogP contribution in [0.4, 0.5) is 5.95 Å². The second-order valence-electron chi connectivity index (χ2n) is 7.22. The molecule has 1 N–H and O–H groups in total. The van der Waals surface area contributed by atoms with Gasteiger partial charge in [0.2, 0.25) is 5.95 Å². The van der Waals surface area contributed by atoms with Crippen LogP contribution in [0.2, 0.25) is 0 Å². The molecule has 0 spiro atoms. The number of carbonyl (C=O) groups excluding carboxylic acids is 2. The molecule has 0 bridgehead atoms. The number of ketones is 1. The fourth-order valence-corrected chi connectivity index (χ4v) is 3.54. The van der Waals surface area contributed by atoms with Gasteiger partial charge in [-0.15, -0.1) is 0 Å². The van der Waals surface area contributed by atoms with Crippen molar-refractivity contribution < 1.29 is 14.1 Å². The van der Waals surface area contributed by atoms with Gasteiger partial charge in [0.05, 0.1) is 16.7 Å². The number of aryl methyl sites for hydroxylation is 1. The van der Waals surface area contributed by atoms with Crippen LogP contribution in [0.25, 0.3) is 11.5 Å². The smallest absolute Gasteiger partial charge is 0.258 e. The highest BCUT2D eigenvalue weighted by Crippen LogP contribution is 2.27. The Hall–Kier alpha value is -3.62. The molecule has 1 atom stereocenters. The molecule has 1 amide bonds. The molecule has 0 radical (unpaired) electrons. The van der Waals surface area contributed by atoms with Crippen molar-refractivity contribution >= 4 is 17.6 Å². The van der Waals surface area contributed by atoms with Gasteiger partial charge in [0, 0.05) is 31.5 Å². The summed E-state index contributed by atoms with van der Waals surface area (Å²) in [5.41, 5.74) is 1.63. The monoisotopic (exact) mass is 406 g/mol. The molecule has 0 aliphatic carbocycles. The van der Waals surface area contributed by atoms with Gasteiger partial charge in [-0.1, -0.05) is 17.3 Å². The summed E-state index contributed by atoms with van der Waals surface area (Å²) in [6, 6.07) is 7.27. The molecule has 0 saturated carbocycles.